The van der Waals surface area contributed by atoms with E-state index in [0.717, 1.165) is 35.4 Å². The molecule has 0 spiro atoms. The normalized spacial score (nSPS) is 10.5. The average molecular weight is 280 g/mol. The Hall–Kier alpha value is -0.200. The number of halogens is 1. The molecule has 0 saturated carbocycles. The minimum atomic E-state index is 0.738. The van der Waals surface area contributed by atoms with Gasteiger partial charge in [0, 0.05) is 19.7 Å². The third-order valence-corrected chi connectivity index (χ3v) is 3.17. The Morgan fingerprint density at radius 3 is 2.71 bits per heavy atom. The van der Waals surface area contributed by atoms with E-state index in [1.165, 1.54) is 0 Å². The molecule has 1 aromatic rings. The lowest BCUT2D eigenvalue weighted by molar-refractivity contribution is 0.154. The largest absolute Gasteiger partial charge is 0.380 e. The van der Waals surface area contributed by atoms with Crippen LogP contribution >= 0.6 is 27.3 Å². The Labute approximate surface area is 96.4 Å². The third-order valence-electron chi connectivity index (χ3n) is 1.75. The second kappa shape index (κ2) is 6.31. The Morgan fingerprint density at radius 1 is 1.43 bits per heavy atom. The van der Waals surface area contributed by atoms with E-state index >= 15 is 0 Å². The fourth-order valence-corrected chi connectivity index (χ4v) is 2.21. The Kier molecular flexibility index (Phi) is 5.36. The Bertz CT molecular complexity index is 269. The lowest BCUT2D eigenvalue weighted by atomic mass is 10.5. The number of hydrogen-bond acceptors (Lipinski definition) is 5. The summed E-state index contributed by atoms with van der Waals surface area (Å²) < 4.78 is 6.12. The van der Waals surface area contributed by atoms with Crippen molar-refractivity contribution in [3.8, 4) is 0 Å². The van der Waals surface area contributed by atoms with Gasteiger partial charge in [-0.25, -0.2) is 0 Å². The van der Waals surface area contributed by atoms with Gasteiger partial charge in [0.25, 0.3) is 0 Å². The summed E-state index contributed by atoms with van der Waals surface area (Å²) >= 11 is 4.84. The van der Waals surface area contributed by atoms with Crippen LogP contribution in [0.1, 0.15) is 13.8 Å². The molecule has 0 atom stereocenters. The van der Waals surface area contributed by atoms with Gasteiger partial charge in [0.15, 0.2) is 3.92 Å². The second-order valence-electron chi connectivity index (χ2n) is 2.61. The molecule has 0 radical (unpaired) electrons. The lowest BCUT2D eigenvalue weighted by Crippen LogP contribution is -2.27. The molecule has 1 aromatic heterocycles. The third kappa shape index (κ3) is 3.51. The van der Waals surface area contributed by atoms with Gasteiger partial charge >= 0.3 is 0 Å². The first-order chi connectivity index (χ1) is 6.77. The summed E-state index contributed by atoms with van der Waals surface area (Å²) in [5.74, 6) is 0. The summed E-state index contributed by atoms with van der Waals surface area (Å²) in [6.45, 7) is 7.39. The Balaban J connectivity index is 2.45. The van der Waals surface area contributed by atoms with Gasteiger partial charge in [-0.05, 0) is 29.8 Å². The predicted molar refractivity (Wildman–Crippen MR) is 62.0 cm³/mol. The fourth-order valence-electron chi connectivity index (χ4n) is 1.03. The highest BCUT2D eigenvalue weighted by Gasteiger charge is 2.09. The Morgan fingerprint density at radius 2 is 2.21 bits per heavy atom. The van der Waals surface area contributed by atoms with Crippen molar-refractivity contribution in [2.24, 2.45) is 0 Å². The van der Waals surface area contributed by atoms with Crippen LogP contribution in [0.4, 0.5) is 5.13 Å². The van der Waals surface area contributed by atoms with Crippen LogP contribution in [0.5, 0.6) is 0 Å². The minimum absolute atomic E-state index is 0.738. The maximum absolute atomic E-state index is 5.30. The summed E-state index contributed by atoms with van der Waals surface area (Å²) in [7, 11) is 0. The van der Waals surface area contributed by atoms with E-state index in [9.17, 15) is 0 Å². The van der Waals surface area contributed by atoms with Crippen LogP contribution < -0.4 is 4.90 Å². The molecular formula is C8H14BrN3OS. The smallest absolute Gasteiger partial charge is 0.209 e. The van der Waals surface area contributed by atoms with Crippen molar-refractivity contribution in [1.82, 2.24) is 10.2 Å². The van der Waals surface area contributed by atoms with Crippen molar-refractivity contribution in [2.75, 3.05) is 31.2 Å². The van der Waals surface area contributed by atoms with Crippen LogP contribution in [0.25, 0.3) is 0 Å². The zero-order chi connectivity index (χ0) is 10.4. The summed E-state index contributed by atoms with van der Waals surface area (Å²) in [4.78, 5) is 2.15. The summed E-state index contributed by atoms with van der Waals surface area (Å²) in [6.07, 6.45) is 0. The first kappa shape index (κ1) is 11.9. The van der Waals surface area contributed by atoms with Gasteiger partial charge in [-0.15, -0.1) is 10.2 Å². The van der Waals surface area contributed by atoms with Crippen molar-refractivity contribution < 1.29 is 4.74 Å². The maximum atomic E-state index is 5.30. The lowest BCUT2D eigenvalue weighted by Gasteiger charge is -2.18. The highest BCUT2D eigenvalue weighted by molar-refractivity contribution is 9.11. The molecule has 0 saturated heterocycles. The molecule has 0 amide bonds. The molecule has 0 fully saturated rings. The average Bonchev–Trinajstić information content (AvgIpc) is 2.60. The zero-order valence-corrected chi connectivity index (χ0v) is 10.8. The molecule has 6 heteroatoms. The number of likely N-dealkylation sites (N-methyl/N-ethyl adjacent to an activating group) is 1. The molecule has 0 bridgehead atoms. The highest BCUT2D eigenvalue weighted by atomic mass is 79.9. The van der Waals surface area contributed by atoms with E-state index in [-0.39, 0.29) is 0 Å². The molecule has 80 valence electrons. The number of hydrogen-bond donors (Lipinski definition) is 0. The fraction of sp³-hybridized carbons (Fsp3) is 0.750. The van der Waals surface area contributed by atoms with Crippen LogP contribution in [0.2, 0.25) is 0 Å². The molecule has 0 aliphatic heterocycles. The molecule has 1 rings (SSSR count). The van der Waals surface area contributed by atoms with E-state index in [0.29, 0.717) is 0 Å². The van der Waals surface area contributed by atoms with Crippen molar-refractivity contribution >= 4 is 32.4 Å². The molecule has 14 heavy (non-hydrogen) atoms. The van der Waals surface area contributed by atoms with Crippen LogP contribution in [0.3, 0.4) is 0 Å². The molecule has 0 aliphatic rings. The van der Waals surface area contributed by atoms with Gasteiger partial charge < -0.3 is 9.64 Å². The molecular weight excluding hydrogens is 266 g/mol. The second-order valence-corrected chi connectivity index (χ2v) is 4.85. The molecule has 0 aliphatic carbocycles. The SMILES string of the molecule is CCOCCN(CC)c1nnc(Br)s1. The van der Waals surface area contributed by atoms with Gasteiger partial charge in [-0.2, -0.15) is 0 Å². The monoisotopic (exact) mass is 279 g/mol. The quantitative estimate of drug-likeness (QED) is 0.748. The van der Waals surface area contributed by atoms with Gasteiger partial charge in [-0.1, -0.05) is 11.3 Å². The molecule has 0 N–H and O–H groups in total. The van der Waals surface area contributed by atoms with Crippen molar-refractivity contribution in [1.29, 1.82) is 0 Å². The molecule has 1 heterocycles. The van der Waals surface area contributed by atoms with E-state index < -0.39 is 0 Å². The standard InChI is InChI=1S/C8H14BrN3OS/c1-3-12(5-6-13-4-2)8-11-10-7(9)14-8/h3-6H2,1-2H3. The van der Waals surface area contributed by atoms with Crippen LogP contribution in [-0.2, 0) is 4.74 Å². The molecule has 4 nitrogen and oxygen atoms in total. The van der Waals surface area contributed by atoms with Crippen molar-refractivity contribution in [2.45, 2.75) is 13.8 Å². The summed E-state index contributed by atoms with van der Waals surface area (Å²) in [6, 6.07) is 0. The minimum Gasteiger partial charge on any atom is -0.380 e. The predicted octanol–water partition coefficient (Wildman–Crippen LogP) is 2.16. The van der Waals surface area contributed by atoms with E-state index in [1.807, 2.05) is 6.92 Å². The van der Waals surface area contributed by atoms with Crippen molar-refractivity contribution in [3.63, 3.8) is 0 Å². The van der Waals surface area contributed by atoms with Crippen molar-refractivity contribution in [3.05, 3.63) is 3.92 Å². The number of aromatic nitrogens is 2. The van der Waals surface area contributed by atoms with E-state index in [4.69, 9.17) is 4.74 Å². The van der Waals surface area contributed by atoms with Crippen LogP contribution in [0, 0.1) is 0 Å². The summed E-state index contributed by atoms with van der Waals surface area (Å²) in [5.41, 5.74) is 0. The van der Waals surface area contributed by atoms with Gasteiger partial charge in [0.05, 0.1) is 6.61 Å². The topological polar surface area (TPSA) is 38.2 Å². The zero-order valence-electron chi connectivity index (χ0n) is 8.36. The molecule has 0 unspecified atom stereocenters. The van der Waals surface area contributed by atoms with E-state index in [2.05, 4.69) is 38.0 Å². The number of rotatable bonds is 6. The maximum Gasteiger partial charge on any atom is 0.209 e. The molecule has 0 aromatic carbocycles. The van der Waals surface area contributed by atoms with Gasteiger partial charge in [0.1, 0.15) is 0 Å². The number of ether oxygens (including phenoxy) is 1. The number of nitrogens with zero attached hydrogens (tertiary/aromatic N) is 3. The van der Waals surface area contributed by atoms with Gasteiger partial charge in [-0.3, -0.25) is 0 Å². The highest BCUT2D eigenvalue weighted by Crippen LogP contribution is 2.23. The van der Waals surface area contributed by atoms with Crippen LogP contribution in [-0.4, -0.2) is 36.5 Å². The van der Waals surface area contributed by atoms with Gasteiger partial charge in [0.2, 0.25) is 5.13 Å². The first-order valence-electron chi connectivity index (χ1n) is 4.59. The van der Waals surface area contributed by atoms with Crippen LogP contribution in [0.15, 0.2) is 3.92 Å². The van der Waals surface area contributed by atoms with E-state index in [1.54, 1.807) is 11.3 Å². The first-order valence-corrected chi connectivity index (χ1v) is 6.20. The summed E-state index contributed by atoms with van der Waals surface area (Å²) in [5, 5.41) is 8.92. The number of anilines is 1.